The molecule has 0 spiro atoms. The van der Waals surface area contributed by atoms with Crippen LogP contribution in [0.4, 0.5) is 17.1 Å². The van der Waals surface area contributed by atoms with Crippen LogP contribution in [0, 0.1) is 0 Å². The van der Waals surface area contributed by atoms with Crippen molar-refractivity contribution in [3.8, 4) is 33.4 Å². The second-order valence-corrected chi connectivity index (χ2v) is 16.9. The van der Waals surface area contributed by atoms with E-state index in [-0.39, 0.29) is 10.8 Å². The molecule has 0 saturated carbocycles. The van der Waals surface area contributed by atoms with E-state index < -0.39 is 5.41 Å². The molecule has 268 valence electrons. The molecule has 0 bridgehead atoms. The Morgan fingerprint density at radius 2 is 0.714 bits per heavy atom. The molecule has 1 heteroatoms. The molecule has 3 aliphatic carbocycles. The summed E-state index contributed by atoms with van der Waals surface area (Å²) in [7, 11) is 0. The van der Waals surface area contributed by atoms with Gasteiger partial charge in [-0.15, -0.1) is 0 Å². The number of fused-ring (bicyclic) bond motifs is 9. The predicted molar refractivity (Wildman–Crippen MR) is 234 cm³/mol. The number of rotatable bonds is 5. The van der Waals surface area contributed by atoms with E-state index in [9.17, 15) is 0 Å². The number of hydrogen-bond donors (Lipinski definition) is 0. The van der Waals surface area contributed by atoms with Gasteiger partial charge in [0.05, 0.1) is 5.41 Å². The molecule has 0 aromatic heterocycles. The second kappa shape index (κ2) is 11.8. The Morgan fingerprint density at radius 1 is 0.286 bits per heavy atom. The van der Waals surface area contributed by atoms with E-state index in [1.165, 1.54) is 77.9 Å². The third-order valence-electron chi connectivity index (χ3n) is 13.3. The van der Waals surface area contributed by atoms with Crippen molar-refractivity contribution in [1.82, 2.24) is 0 Å². The summed E-state index contributed by atoms with van der Waals surface area (Å²) in [4.78, 5) is 2.50. The second-order valence-electron chi connectivity index (χ2n) is 16.9. The van der Waals surface area contributed by atoms with E-state index in [4.69, 9.17) is 0 Å². The first-order valence-corrected chi connectivity index (χ1v) is 19.9. The summed E-state index contributed by atoms with van der Waals surface area (Å²) in [5, 5.41) is 0. The molecule has 0 amide bonds. The van der Waals surface area contributed by atoms with Crippen molar-refractivity contribution >= 4 is 17.1 Å². The van der Waals surface area contributed by atoms with Crippen molar-refractivity contribution in [2.75, 3.05) is 4.90 Å². The zero-order valence-corrected chi connectivity index (χ0v) is 32.3. The Labute approximate surface area is 330 Å². The molecule has 3 aliphatic rings. The Bertz CT molecular complexity index is 2830. The fourth-order valence-corrected chi connectivity index (χ4v) is 10.7. The molecule has 0 aliphatic heterocycles. The lowest BCUT2D eigenvalue weighted by atomic mass is 9.67. The van der Waals surface area contributed by atoms with Gasteiger partial charge in [-0.1, -0.05) is 179 Å². The minimum atomic E-state index is -0.488. The van der Waals surface area contributed by atoms with Gasteiger partial charge in [0.15, 0.2) is 0 Å². The standard InChI is InChI=1S/C55H43N/c1-53(2)48-26-13-9-24-44(48)46-34-39(30-32-49(46)53)56(40-29-31-45-41-21-8-12-25-47(41)54(3,4)52(45)35-40)38-20-16-19-37(33-38)55(36-17-6-5-7-18-36)50-27-14-10-22-42(50)43-23-11-15-28-51(43)55/h5-35H,1-4H3. The van der Waals surface area contributed by atoms with E-state index in [0.717, 1.165) is 17.1 Å². The minimum absolute atomic E-state index is 0.0656. The molecule has 56 heavy (non-hydrogen) atoms. The van der Waals surface area contributed by atoms with Crippen molar-refractivity contribution in [3.05, 3.63) is 233 Å². The topological polar surface area (TPSA) is 3.24 Å². The number of nitrogens with zero attached hydrogens (tertiary/aromatic N) is 1. The quantitative estimate of drug-likeness (QED) is 0.171. The molecule has 0 atom stereocenters. The van der Waals surface area contributed by atoms with Gasteiger partial charge >= 0.3 is 0 Å². The van der Waals surface area contributed by atoms with Crippen molar-refractivity contribution in [1.29, 1.82) is 0 Å². The van der Waals surface area contributed by atoms with Crippen LogP contribution in [-0.2, 0) is 16.2 Å². The SMILES string of the molecule is CC1(C)c2ccccc2-c2cc(N(c3cccc(C4(c5ccccc5)c5ccccc5-c5ccccc54)c3)c3ccc4c(c3)C(C)(C)c3ccccc3-4)ccc21. The number of anilines is 3. The average Bonchev–Trinajstić information content (AvgIpc) is 3.76. The summed E-state index contributed by atoms with van der Waals surface area (Å²) < 4.78 is 0. The Morgan fingerprint density at radius 3 is 1.36 bits per heavy atom. The van der Waals surface area contributed by atoms with Crippen LogP contribution < -0.4 is 4.90 Å². The zero-order chi connectivity index (χ0) is 37.8. The van der Waals surface area contributed by atoms with E-state index in [1.807, 2.05) is 0 Å². The fraction of sp³-hybridized carbons (Fsp3) is 0.127. The molecule has 0 unspecified atom stereocenters. The van der Waals surface area contributed by atoms with Crippen LogP contribution in [0.1, 0.15) is 72.2 Å². The molecule has 0 radical (unpaired) electrons. The van der Waals surface area contributed by atoms with Crippen LogP contribution in [0.5, 0.6) is 0 Å². The molecular formula is C55H43N. The summed E-state index contributed by atoms with van der Waals surface area (Å²) in [5.41, 5.74) is 21.4. The molecule has 1 nitrogen and oxygen atoms in total. The molecule has 0 saturated heterocycles. The van der Waals surface area contributed by atoms with Gasteiger partial charge in [0.2, 0.25) is 0 Å². The van der Waals surface area contributed by atoms with Gasteiger partial charge in [-0.2, -0.15) is 0 Å². The maximum absolute atomic E-state index is 2.50. The van der Waals surface area contributed by atoms with E-state index in [1.54, 1.807) is 0 Å². The largest absolute Gasteiger partial charge is 0.310 e. The highest BCUT2D eigenvalue weighted by atomic mass is 15.1. The third-order valence-corrected chi connectivity index (χ3v) is 13.3. The molecular weight excluding hydrogens is 675 g/mol. The van der Waals surface area contributed by atoms with Gasteiger partial charge in [0.25, 0.3) is 0 Å². The maximum Gasteiger partial charge on any atom is 0.0714 e. The molecule has 0 heterocycles. The average molecular weight is 718 g/mol. The normalized spacial score (nSPS) is 15.6. The van der Waals surface area contributed by atoms with Crippen LogP contribution in [0.2, 0.25) is 0 Å². The smallest absolute Gasteiger partial charge is 0.0714 e. The van der Waals surface area contributed by atoms with Gasteiger partial charge < -0.3 is 4.90 Å². The van der Waals surface area contributed by atoms with Crippen molar-refractivity contribution in [3.63, 3.8) is 0 Å². The minimum Gasteiger partial charge on any atom is -0.310 e. The molecule has 0 fully saturated rings. The highest BCUT2D eigenvalue weighted by Gasteiger charge is 2.46. The predicted octanol–water partition coefficient (Wildman–Crippen LogP) is 14.1. The first kappa shape index (κ1) is 32.9. The van der Waals surface area contributed by atoms with E-state index in [0.29, 0.717) is 0 Å². The summed E-state index contributed by atoms with van der Waals surface area (Å²) in [6, 6.07) is 70.7. The summed E-state index contributed by atoms with van der Waals surface area (Å²) in [6.07, 6.45) is 0. The van der Waals surface area contributed by atoms with Crippen LogP contribution in [0.3, 0.4) is 0 Å². The zero-order valence-electron chi connectivity index (χ0n) is 32.3. The van der Waals surface area contributed by atoms with Crippen molar-refractivity contribution in [2.24, 2.45) is 0 Å². The monoisotopic (exact) mass is 717 g/mol. The summed E-state index contributed by atoms with van der Waals surface area (Å²) >= 11 is 0. The van der Waals surface area contributed by atoms with Gasteiger partial charge in [-0.3, -0.25) is 0 Å². The third kappa shape index (κ3) is 4.37. The maximum atomic E-state index is 2.50. The van der Waals surface area contributed by atoms with Gasteiger partial charge in [-0.05, 0) is 114 Å². The Balaban J connectivity index is 1.17. The van der Waals surface area contributed by atoms with E-state index >= 15 is 0 Å². The lowest BCUT2D eigenvalue weighted by Gasteiger charge is -2.35. The molecule has 8 aromatic carbocycles. The van der Waals surface area contributed by atoms with Crippen LogP contribution in [-0.4, -0.2) is 0 Å². The van der Waals surface area contributed by atoms with Crippen molar-refractivity contribution < 1.29 is 0 Å². The van der Waals surface area contributed by atoms with E-state index in [2.05, 4.69) is 221 Å². The highest BCUT2D eigenvalue weighted by molar-refractivity contribution is 5.90. The molecule has 0 N–H and O–H groups in total. The van der Waals surface area contributed by atoms with Crippen LogP contribution in [0.15, 0.2) is 188 Å². The first-order chi connectivity index (χ1) is 27.3. The van der Waals surface area contributed by atoms with Gasteiger partial charge in [-0.25, -0.2) is 0 Å². The fourth-order valence-electron chi connectivity index (χ4n) is 10.7. The molecule has 11 rings (SSSR count). The number of benzene rings is 8. The summed E-state index contributed by atoms with van der Waals surface area (Å²) in [6.45, 7) is 9.47. The summed E-state index contributed by atoms with van der Waals surface area (Å²) in [5.74, 6) is 0. The Kier molecular flexibility index (Phi) is 6.93. The van der Waals surface area contributed by atoms with Crippen molar-refractivity contribution in [2.45, 2.75) is 43.9 Å². The highest BCUT2D eigenvalue weighted by Crippen LogP contribution is 2.57. The van der Waals surface area contributed by atoms with Gasteiger partial charge in [0, 0.05) is 27.9 Å². The van der Waals surface area contributed by atoms with Gasteiger partial charge in [0.1, 0.15) is 0 Å². The van der Waals surface area contributed by atoms with Crippen LogP contribution >= 0.6 is 0 Å². The van der Waals surface area contributed by atoms with Crippen LogP contribution in [0.25, 0.3) is 33.4 Å². The number of hydrogen-bond acceptors (Lipinski definition) is 1. The Hall–Kier alpha value is -6.44. The first-order valence-electron chi connectivity index (χ1n) is 19.9. The molecule has 8 aromatic rings. The lowest BCUT2D eigenvalue weighted by Crippen LogP contribution is -2.28. The lowest BCUT2D eigenvalue weighted by molar-refractivity contribution is 0.660.